The Morgan fingerprint density at radius 2 is 1.17 bits per heavy atom. The third kappa shape index (κ3) is 8.25. The highest BCUT2D eigenvalue weighted by molar-refractivity contribution is 6.18. The molecule has 0 fully saturated rings. The van der Waals surface area contributed by atoms with Crippen LogP contribution < -0.4 is 31.9 Å². The van der Waals surface area contributed by atoms with Crippen molar-refractivity contribution in [3.05, 3.63) is 82.2 Å². The average Bonchev–Trinajstić information content (AvgIpc) is 3.73. The maximum Gasteiger partial charge on any atom is 0.272 e. The lowest BCUT2D eigenvalue weighted by Gasteiger charge is -2.23. The third-order valence-electron chi connectivity index (χ3n) is 7.84. The van der Waals surface area contributed by atoms with Crippen LogP contribution in [0.1, 0.15) is 78.3 Å². The molecule has 48 heavy (non-hydrogen) atoms. The van der Waals surface area contributed by atoms with E-state index in [1.54, 1.807) is 39.1 Å². The lowest BCUT2D eigenvalue weighted by atomic mass is 10.1. The molecule has 0 spiro atoms. The molecule has 5 amide bonds. The van der Waals surface area contributed by atoms with Gasteiger partial charge in [-0.15, -0.1) is 11.6 Å². The number of hydrogen-bond acceptors (Lipinski definition) is 6. The molecule has 0 bridgehead atoms. The molecule has 15 heteroatoms. The van der Waals surface area contributed by atoms with Crippen LogP contribution >= 0.6 is 11.6 Å². The zero-order chi connectivity index (χ0) is 35.0. The zero-order valence-corrected chi connectivity index (χ0v) is 28.0. The molecule has 4 rings (SSSR count). The standard InChI is InChI=1S/C33H40ClN9O5/c1-5-13-43(14-11-34)22-8-6-21(7-9-22)30(45)40-23-15-38-28(19(23)3)32(47)42-25-17-39-29(20(25)4)33(48)41-24-16-37-27(18(24)2)31(46)36-12-10-26(35)44/h6-9,15-17,37-39H,5,10-14H2,1-4H3,(H2,35,44)(H,36,46)(H,40,45)(H,41,48)(H,42,47). The first-order valence-corrected chi connectivity index (χ1v) is 15.9. The molecule has 3 aromatic heterocycles. The number of aromatic amines is 3. The number of amides is 5. The number of carbonyl (C=O) groups excluding carboxylic acids is 5. The van der Waals surface area contributed by atoms with Crippen LogP contribution in [0, 0.1) is 20.8 Å². The molecular weight excluding hydrogens is 638 g/mol. The van der Waals surface area contributed by atoms with E-state index in [0.29, 0.717) is 51.7 Å². The van der Waals surface area contributed by atoms with Crippen LogP contribution in [0.5, 0.6) is 0 Å². The summed E-state index contributed by atoms with van der Waals surface area (Å²) in [6.45, 7) is 8.82. The van der Waals surface area contributed by atoms with Gasteiger partial charge >= 0.3 is 0 Å². The number of anilines is 4. The van der Waals surface area contributed by atoms with Crippen molar-refractivity contribution in [2.75, 3.05) is 46.4 Å². The van der Waals surface area contributed by atoms with Crippen LogP contribution in [0.4, 0.5) is 22.7 Å². The zero-order valence-electron chi connectivity index (χ0n) is 27.2. The number of primary amides is 1. The van der Waals surface area contributed by atoms with Gasteiger partial charge in [0.1, 0.15) is 17.1 Å². The first-order chi connectivity index (χ1) is 22.9. The van der Waals surface area contributed by atoms with Crippen molar-refractivity contribution in [1.29, 1.82) is 0 Å². The fourth-order valence-electron chi connectivity index (χ4n) is 5.10. The Balaban J connectivity index is 1.37. The molecule has 0 saturated heterocycles. The van der Waals surface area contributed by atoms with E-state index >= 15 is 0 Å². The molecule has 0 aliphatic heterocycles. The average molecular weight is 678 g/mol. The molecule has 254 valence electrons. The summed E-state index contributed by atoms with van der Waals surface area (Å²) in [5, 5.41) is 11.0. The van der Waals surface area contributed by atoms with Gasteiger partial charge in [0.05, 0.1) is 17.1 Å². The molecule has 0 atom stereocenters. The number of nitrogens with two attached hydrogens (primary N) is 1. The summed E-state index contributed by atoms with van der Waals surface area (Å²) in [5.74, 6) is -1.73. The van der Waals surface area contributed by atoms with Crippen molar-refractivity contribution >= 4 is 63.9 Å². The maximum absolute atomic E-state index is 13.2. The third-order valence-corrected chi connectivity index (χ3v) is 8.01. The van der Waals surface area contributed by atoms with Crippen molar-refractivity contribution in [1.82, 2.24) is 20.3 Å². The summed E-state index contributed by atoms with van der Waals surface area (Å²) in [4.78, 5) is 73.4. The second-order valence-electron chi connectivity index (χ2n) is 11.2. The minimum Gasteiger partial charge on any atom is -0.370 e. The molecule has 3 heterocycles. The molecule has 0 unspecified atom stereocenters. The molecular formula is C33H40ClN9O5. The van der Waals surface area contributed by atoms with Gasteiger partial charge in [-0.2, -0.15) is 0 Å². The van der Waals surface area contributed by atoms with E-state index in [1.165, 1.54) is 12.4 Å². The SMILES string of the molecule is CCCN(CCCl)c1ccc(C(=O)Nc2c[nH]c(C(=O)Nc3c[nH]c(C(=O)Nc4c[nH]c(C(=O)NCCC(N)=O)c4C)c3C)c2C)cc1. The van der Waals surface area contributed by atoms with Crippen molar-refractivity contribution in [3.63, 3.8) is 0 Å². The Hall–Kier alpha value is -5.50. The number of benzene rings is 1. The van der Waals surface area contributed by atoms with Crippen molar-refractivity contribution in [2.45, 2.75) is 40.5 Å². The summed E-state index contributed by atoms with van der Waals surface area (Å²) in [7, 11) is 0. The lowest BCUT2D eigenvalue weighted by Crippen LogP contribution is -2.28. The minimum absolute atomic E-state index is 0.00489. The monoisotopic (exact) mass is 677 g/mol. The molecule has 1 aromatic carbocycles. The van der Waals surface area contributed by atoms with E-state index in [9.17, 15) is 24.0 Å². The Kier molecular flexibility index (Phi) is 11.7. The Morgan fingerprint density at radius 3 is 1.60 bits per heavy atom. The number of nitrogens with zero attached hydrogens (tertiary/aromatic N) is 1. The fraction of sp³-hybridized carbons (Fsp3) is 0.303. The summed E-state index contributed by atoms with van der Waals surface area (Å²) >= 11 is 5.94. The predicted octanol–water partition coefficient (Wildman–Crippen LogP) is 4.41. The topological polar surface area (TPSA) is 210 Å². The van der Waals surface area contributed by atoms with Gasteiger partial charge in [0.25, 0.3) is 23.6 Å². The van der Waals surface area contributed by atoms with Gasteiger partial charge in [0.15, 0.2) is 0 Å². The number of halogens is 1. The maximum atomic E-state index is 13.2. The van der Waals surface area contributed by atoms with E-state index < -0.39 is 23.6 Å². The smallest absolute Gasteiger partial charge is 0.272 e. The van der Waals surface area contributed by atoms with Crippen LogP contribution in [0.15, 0.2) is 42.9 Å². The van der Waals surface area contributed by atoms with Gasteiger partial charge in [-0.25, -0.2) is 0 Å². The van der Waals surface area contributed by atoms with Gasteiger partial charge in [-0.05, 0) is 51.5 Å². The quantitative estimate of drug-likeness (QED) is 0.0854. The van der Waals surface area contributed by atoms with Gasteiger partial charge < -0.3 is 46.9 Å². The lowest BCUT2D eigenvalue weighted by molar-refractivity contribution is -0.117. The minimum atomic E-state index is -0.532. The van der Waals surface area contributed by atoms with Crippen LogP contribution in [-0.2, 0) is 4.79 Å². The summed E-state index contributed by atoms with van der Waals surface area (Å²) in [6.07, 6.45) is 5.52. The van der Waals surface area contributed by atoms with Gasteiger partial charge in [0.2, 0.25) is 5.91 Å². The predicted molar refractivity (Wildman–Crippen MR) is 186 cm³/mol. The van der Waals surface area contributed by atoms with Crippen LogP contribution in [0.2, 0.25) is 0 Å². The molecule has 0 aliphatic rings. The van der Waals surface area contributed by atoms with Crippen molar-refractivity contribution < 1.29 is 24.0 Å². The highest BCUT2D eigenvalue weighted by atomic mass is 35.5. The number of rotatable bonds is 15. The number of alkyl halides is 1. The van der Waals surface area contributed by atoms with Crippen LogP contribution in [0.3, 0.4) is 0 Å². The van der Waals surface area contributed by atoms with E-state index in [-0.39, 0.29) is 36.0 Å². The largest absolute Gasteiger partial charge is 0.370 e. The van der Waals surface area contributed by atoms with Crippen LogP contribution in [-0.4, -0.2) is 70.0 Å². The molecule has 0 aliphatic carbocycles. The normalized spacial score (nSPS) is 10.8. The highest BCUT2D eigenvalue weighted by Crippen LogP contribution is 2.25. The van der Waals surface area contributed by atoms with Gasteiger partial charge in [-0.1, -0.05) is 6.92 Å². The number of carbonyl (C=O) groups is 5. The van der Waals surface area contributed by atoms with E-state index in [2.05, 4.69) is 48.0 Å². The van der Waals surface area contributed by atoms with Gasteiger partial charge in [0, 0.05) is 78.5 Å². The molecule has 9 N–H and O–H groups in total. The number of H-pyrrole nitrogens is 3. The van der Waals surface area contributed by atoms with Crippen molar-refractivity contribution in [3.8, 4) is 0 Å². The summed E-state index contributed by atoms with van der Waals surface area (Å²) < 4.78 is 0. The molecule has 14 nitrogen and oxygen atoms in total. The second-order valence-corrected chi connectivity index (χ2v) is 11.5. The first-order valence-electron chi connectivity index (χ1n) is 15.4. The van der Waals surface area contributed by atoms with E-state index in [1.807, 2.05) is 12.1 Å². The molecule has 0 saturated carbocycles. The summed E-state index contributed by atoms with van der Waals surface area (Å²) in [5.41, 5.74) is 10.0. The Morgan fingerprint density at radius 1 is 0.708 bits per heavy atom. The second kappa shape index (κ2) is 15.9. The summed E-state index contributed by atoms with van der Waals surface area (Å²) in [6, 6.07) is 7.28. The highest BCUT2D eigenvalue weighted by Gasteiger charge is 2.22. The number of hydrogen-bond donors (Lipinski definition) is 8. The van der Waals surface area contributed by atoms with Gasteiger partial charge in [-0.3, -0.25) is 24.0 Å². The number of nitrogens with one attached hydrogen (secondary N) is 7. The van der Waals surface area contributed by atoms with E-state index in [0.717, 1.165) is 18.7 Å². The fourth-order valence-corrected chi connectivity index (χ4v) is 5.30. The first kappa shape index (κ1) is 35.4. The Labute approximate surface area is 282 Å². The molecule has 4 aromatic rings. The van der Waals surface area contributed by atoms with Crippen molar-refractivity contribution in [2.24, 2.45) is 5.73 Å². The Bertz CT molecular complexity index is 1800. The van der Waals surface area contributed by atoms with Crippen LogP contribution in [0.25, 0.3) is 0 Å². The van der Waals surface area contributed by atoms with E-state index in [4.69, 9.17) is 17.3 Å². The number of aromatic nitrogens is 3. The molecule has 0 radical (unpaired) electrons.